The Morgan fingerprint density at radius 1 is 1.11 bits per heavy atom. The molecule has 1 heterocycles. The lowest BCUT2D eigenvalue weighted by Gasteiger charge is -2.27. The van der Waals surface area contributed by atoms with Crippen LogP contribution >= 0.6 is 31.9 Å². The highest BCUT2D eigenvalue weighted by Gasteiger charge is 2.27. The molecule has 0 amide bonds. The lowest BCUT2D eigenvalue weighted by molar-refractivity contribution is 0.0972. The normalized spacial score (nSPS) is 17.8. The third-order valence-corrected chi connectivity index (χ3v) is 4.35. The van der Waals surface area contributed by atoms with Crippen molar-refractivity contribution in [3.05, 3.63) is 62.5 Å². The summed E-state index contributed by atoms with van der Waals surface area (Å²) in [5, 5.41) is 3.45. The van der Waals surface area contributed by atoms with Crippen molar-refractivity contribution in [1.29, 1.82) is 0 Å². The van der Waals surface area contributed by atoms with Crippen molar-refractivity contribution in [2.45, 2.75) is 12.5 Å². The van der Waals surface area contributed by atoms with Crippen LogP contribution in [0.2, 0.25) is 0 Å². The van der Waals surface area contributed by atoms with Crippen LogP contribution in [0.25, 0.3) is 0 Å². The van der Waals surface area contributed by atoms with Crippen molar-refractivity contribution < 1.29 is 4.79 Å². The molecule has 0 radical (unpaired) electrons. The SMILES string of the molecule is O=C1CC(c2ccccc2)Nc2c(Br)cc(Br)cc21. The number of hydrogen-bond acceptors (Lipinski definition) is 2. The number of hydrogen-bond donors (Lipinski definition) is 1. The molecule has 1 atom stereocenters. The fourth-order valence-electron chi connectivity index (χ4n) is 2.35. The van der Waals surface area contributed by atoms with Crippen molar-refractivity contribution in [2.24, 2.45) is 0 Å². The Balaban J connectivity index is 2.03. The molecular weight excluding hydrogens is 370 g/mol. The van der Waals surface area contributed by atoms with Gasteiger partial charge in [-0.2, -0.15) is 0 Å². The van der Waals surface area contributed by atoms with E-state index in [0.717, 1.165) is 25.8 Å². The molecule has 19 heavy (non-hydrogen) atoms. The van der Waals surface area contributed by atoms with Crippen LogP contribution in [0, 0.1) is 0 Å². The van der Waals surface area contributed by atoms with E-state index in [1.165, 1.54) is 0 Å². The topological polar surface area (TPSA) is 29.1 Å². The molecule has 0 saturated heterocycles. The van der Waals surface area contributed by atoms with Gasteiger partial charge in [0.05, 0.1) is 11.7 Å². The summed E-state index contributed by atoms with van der Waals surface area (Å²) in [4.78, 5) is 12.3. The minimum absolute atomic E-state index is 0.0404. The van der Waals surface area contributed by atoms with Gasteiger partial charge in [0.1, 0.15) is 0 Å². The van der Waals surface area contributed by atoms with E-state index in [-0.39, 0.29) is 11.8 Å². The molecule has 0 fully saturated rings. The summed E-state index contributed by atoms with van der Waals surface area (Å²) in [7, 11) is 0. The monoisotopic (exact) mass is 379 g/mol. The minimum atomic E-state index is 0.0404. The molecule has 1 aliphatic heterocycles. The van der Waals surface area contributed by atoms with Crippen LogP contribution < -0.4 is 5.32 Å². The molecule has 4 heteroatoms. The average molecular weight is 381 g/mol. The summed E-state index contributed by atoms with van der Waals surface area (Å²) < 4.78 is 1.82. The van der Waals surface area contributed by atoms with Crippen LogP contribution in [0.15, 0.2) is 51.4 Å². The van der Waals surface area contributed by atoms with E-state index in [1.54, 1.807) is 0 Å². The highest BCUT2D eigenvalue weighted by atomic mass is 79.9. The average Bonchev–Trinajstić information content (AvgIpc) is 2.41. The number of Topliss-reactive ketones (excluding diaryl/α,β-unsaturated/α-hetero) is 1. The zero-order chi connectivity index (χ0) is 13.4. The molecular formula is C15H11Br2NO. The highest BCUT2D eigenvalue weighted by Crippen LogP contribution is 2.39. The summed E-state index contributed by atoms with van der Waals surface area (Å²) in [6.07, 6.45) is 0.486. The lowest BCUT2D eigenvalue weighted by Crippen LogP contribution is -2.23. The first kappa shape index (κ1) is 12.9. The van der Waals surface area contributed by atoms with Crippen LogP contribution in [-0.2, 0) is 0 Å². The Hall–Kier alpha value is -1.13. The number of nitrogens with one attached hydrogen (secondary N) is 1. The zero-order valence-electron chi connectivity index (χ0n) is 9.99. The number of halogens is 2. The van der Waals surface area contributed by atoms with E-state index in [9.17, 15) is 4.79 Å². The van der Waals surface area contributed by atoms with Crippen molar-refractivity contribution in [3.8, 4) is 0 Å². The maximum Gasteiger partial charge on any atom is 0.167 e. The summed E-state index contributed by atoms with van der Waals surface area (Å²) >= 11 is 6.93. The third kappa shape index (κ3) is 2.47. The molecule has 2 nitrogen and oxygen atoms in total. The summed E-state index contributed by atoms with van der Waals surface area (Å²) in [5.74, 6) is 0.171. The van der Waals surface area contributed by atoms with Gasteiger partial charge in [-0.3, -0.25) is 4.79 Å². The number of anilines is 1. The highest BCUT2D eigenvalue weighted by molar-refractivity contribution is 9.11. The van der Waals surface area contributed by atoms with Gasteiger partial charge < -0.3 is 5.32 Å². The number of carbonyl (C=O) groups excluding carboxylic acids is 1. The zero-order valence-corrected chi connectivity index (χ0v) is 13.2. The second-order valence-electron chi connectivity index (χ2n) is 4.55. The first-order valence-electron chi connectivity index (χ1n) is 5.99. The Morgan fingerprint density at radius 3 is 2.58 bits per heavy atom. The molecule has 1 unspecified atom stereocenters. The van der Waals surface area contributed by atoms with Gasteiger partial charge in [0.25, 0.3) is 0 Å². The summed E-state index contributed by atoms with van der Waals surface area (Å²) in [6.45, 7) is 0. The van der Waals surface area contributed by atoms with Crippen LogP contribution in [0.5, 0.6) is 0 Å². The molecule has 0 aliphatic carbocycles. The third-order valence-electron chi connectivity index (χ3n) is 3.27. The molecule has 0 aromatic heterocycles. The number of benzene rings is 2. The van der Waals surface area contributed by atoms with Crippen molar-refractivity contribution in [2.75, 3.05) is 5.32 Å². The fraction of sp³-hybridized carbons (Fsp3) is 0.133. The van der Waals surface area contributed by atoms with Crippen molar-refractivity contribution in [1.82, 2.24) is 0 Å². The lowest BCUT2D eigenvalue weighted by atomic mass is 9.92. The first-order chi connectivity index (χ1) is 9.15. The quantitative estimate of drug-likeness (QED) is 0.758. The van der Waals surface area contributed by atoms with Gasteiger partial charge >= 0.3 is 0 Å². The maximum absolute atomic E-state index is 12.3. The van der Waals surface area contributed by atoms with Crippen LogP contribution in [0.1, 0.15) is 28.4 Å². The Bertz CT molecular complexity index is 640. The van der Waals surface area contributed by atoms with Gasteiger partial charge in [-0.1, -0.05) is 46.3 Å². The van der Waals surface area contributed by atoms with Crippen LogP contribution in [0.4, 0.5) is 5.69 Å². The van der Waals surface area contributed by atoms with Crippen molar-refractivity contribution in [3.63, 3.8) is 0 Å². The fourth-order valence-corrected chi connectivity index (χ4v) is 3.69. The van der Waals surface area contributed by atoms with Gasteiger partial charge in [-0.05, 0) is 33.6 Å². The molecule has 3 rings (SSSR count). The number of rotatable bonds is 1. The summed E-state index contributed by atoms with van der Waals surface area (Å²) in [6, 6.07) is 13.9. The predicted octanol–water partition coefficient (Wildman–Crippen LogP) is 4.95. The van der Waals surface area contributed by atoms with Crippen LogP contribution in [-0.4, -0.2) is 5.78 Å². The van der Waals surface area contributed by atoms with E-state index in [2.05, 4.69) is 37.2 Å². The largest absolute Gasteiger partial charge is 0.376 e. The molecule has 2 aromatic rings. The molecule has 1 aliphatic rings. The Kier molecular flexibility index (Phi) is 3.46. The minimum Gasteiger partial charge on any atom is -0.376 e. The molecule has 96 valence electrons. The van der Waals surface area contributed by atoms with E-state index >= 15 is 0 Å². The molecule has 0 spiro atoms. The molecule has 1 N–H and O–H groups in total. The number of ketones is 1. The van der Waals surface area contributed by atoms with Gasteiger partial charge in [-0.15, -0.1) is 0 Å². The predicted molar refractivity (Wildman–Crippen MR) is 83.6 cm³/mol. The second kappa shape index (κ2) is 5.10. The van der Waals surface area contributed by atoms with E-state index in [4.69, 9.17) is 0 Å². The Morgan fingerprint density at radius 2 is 1.84 bits per heavy atom. The van der Waals surface area contributed by atoms with Crippen molar-refractivity contribution >= 4 is 43.3 Å². The Labute approximate surface area is 128 Å². The van der Waals surface area contributed by atoms with Gasteiger partial charge in [-0.25, -0.2) is 0 Å². The van der Waals surface area contributed by atoms with Crippen LogP contribution in [0.3, 0.4) is 0 Å². The number of carbonyl (C=O) groups is 1. The van der Waals surface area contributed by atoms with E-state index < -0.39 is 0 Å². The van der Waals surface area contributed by atoms with Gasteiger partial charge in [0.15, 0.2) is 5.78 Å². The maximum atomic E-state index is 12.3. The smallest absolute Gasteiger partial charge is 0.167 e. The van der Waals surface area contributed by atoms with Gasteiger partial charge in [0, 0.05) is 20.9 Å². The van der Waals surface area contributed by atoms with E-state index in [0.29, 0.717) is 6.42 Å². The summed E-state index contributed by atoms with van der Waals surface area (Å²) in [5.41, 5.74) is 2.76. The first-order valence-corrected chi connectivity index (χ1v) is 7.57. The standard InChI is InChI=1S/C15H11Br2NO/c16-10-6-11-14(19)8-13(9-4-2-1-3-5-9)18-15(11)12(17)7-10/h1-7,13,18H,8H2. The van der Waals surface area contributed by atoms with E-state index in [1.807, 2.05) is 42.5 Å². The molecule has 0 bridgehead atoms. The molecule has 0 saturated carbocycles. The van der Waals surface area contributed by atoms with Gasteiger partial charge in [0.2, 0.25) is 0 Å². The number of fused-ring (bicyclic) bond motifs is 1. The second-order valence-corrected chi connectivity index (χ2v) is 6.32. The molecule has 2 aromatic carbocycles.